The van der Waals surface area contributed by atoms with E-state index in [1.807, 2.05) is 0 Å². The summed E-state index contributed by atoms with van der Waals surface area (Å²) in [5, 5.41) is 39.3. The second-order valence-corrected chi connectivity index (χ2v) is 7.73. The molecule has 2 fully saturated rings. The van der Waals surface area contributed by atoms with Crippen molar-refractivity contribution >= 4 is 5.91 Å². The maximum atomic E-state index is 12.7. The zero-order chi connectivity index (χ0) is 21.3. The molecule has 1 aromatic rings. The Morgan fingerprint density at radius 1 is 1.07 bits per heavy atom. The lowest BCUT2D eigenvalue weighted by Gasteiger charge is -2.44. The molecule has 10 heteroatoms. The van der Waals surface area contributed by atoms with Crippen LogP contribution in [0.4, 0.5) is 13.2 Å². The molecule has 0 spiro atoms. The first-order valence-corrected chi connectivity index (χ1v) is 9.47. The zero-order valence-corrected chi connectivity index (χ0v) is 15.7. The maximum absolute atomic E-state index is 12.7. The molecule has 1 amide bonds. The predicted octanol–water partition coefficient (Wildman–Crippen LogP) is -0.0733. The number of halogens is 3. The minimum absolute atomic E-state index is 0.0112. The summed E-state index contributed by atoms with van der Waals surface area (Å²) in [7, 11) is 0. The molecular weight excluding hydrogens is 393 g/mol. The largest absolute Gasteiger partial charge is 0.416 e. The molecule has 0 unspecified atom stereocenters. The van der Waals surface area contributed by atoms with Crippen molar-refractivity contribution in [1.29, 1.82) is 0 Å². The summed E-state index contributed by atoms with van der Waals surface area (Å²) >= 11 is 0. The first-order valence-electron chi connectivity index (χ1n) is 9.47. The molecule has 2 aliphatic rings. The fourth-order valence-corrected chi connectivity index (χ4v) is 4.07. The molecule has 0 saturated carbocycles. The number of carbonyl (C=O) groups is 1. The molecule has 0 aromatic heterocycles. The summed E-state index contributed by atoms with van der Waals surface area (Å²) in [6.45, 7) is 0.931. The number of benzene rings is 1. The van der Waals surface area contributed by atoms with Crippen molar-refractivity contribution in [2.45, 2.75) is 37.0 Å². The summed E-state index contributed by atoms with van der Waals surface area (Å²) in [6, 6.07) is 3.38. The average molecular weight is 418 g/mol. The van der Waals surface area contributed by atoms with Gasteiger partial charge in [0.1, 0.15) is 12.2 Å². The van der Waals surface area contributed by atoms with Gasteiger partial charge in [-0.05, 0) is 36.6 Å². The van der Waals surface area contributed by atoms with Gasteiger partial charge in [0.25, 0.3) is 5.91 Å². The van der Waals surface area contributed by atoms with Gasteiger partial charge in [-0.25, -0.2) is 0 Å². The molecule has 29 heavy (non-hydrogen) atoms. The SMILES string of the molecule is O=C(c1ccc(C(F)(F)F)cc1)N1CC[C@H](CN2C[C@H](O)[C@@H](O)[C@H](O)[C@H]2CO)C1. The summed E-state index contributed by atoms with van der Waals surface area (Å²) < 4.78 is 38.0. The molecule has 162 valence electrons. The van der Waals surface area contributed by atoms with Gasteiger partial charge in [0.15, 0.2) is 0 Å². The van der Waals surface area contributed by atoms with E-state index in [9.17, 15) is 38.4 Å². The van der Waals surface area contributed by atoms with Crippen LogP contribution in [0.3, 0.4) is 0 Å². The number of aliphatic hydroxyl groups excluding tert-OH is 4. The van der Waals surface area contributed by atoms with Gasteiger partial charge in [-0.3, -0.25) is 9.69 Å². The summed E-state index contributed by atoms with van der Waals surface area (Å²) in [5.74, 6) is -0.342. The Hall–Kier alpha value is -1.72. The van der Waals surface area contributed by atoms with E-state index < -0.39 is 36.1 Å². The van der Waals surface area contributed by atoms with Crippen LogP contribution >= 0.6 is 0 Å². The van der Waals surface area contributed by atoms with Gasteiger partial charge >= 0.3 is 6.18 Å². The van der Waals surface area contributed by atoms with E-state index in [1.165, 1.54) is 12.1 Å². The highest BCUT2D eigenvalue weighted by Crippen LogP contribution is 2.30. The molecule has 1 aromatic carbocycles. The monoisotopic (exact) mass is 418 g/mol. The van der Waals surface area contributed by atoms with Crippen LogP contribution in [0, 0.1) is 5.92 Å². The van der Waals surface area contributed by atoms with E-state index in [-0.39, 0.29) is 30.5 Å². The number of hydrogen-bond donors (Lipinski definition) is 4. The highest BCUT2D eigenvalue weighted by molar-refractivity contribution is 5.94. The fraction of sp³-hybridized carbons (Fsp3) is 0.632. The Balaban J connectivity index is 1.60. The van der Waals surface area contributed by atoms with Gasteiger partial charge in [-0.15, -0.1) is 0 Å². The lowest BCUT2D eigenvalue weighted by molar-refractivity contribution is -0.147. The van der Waals surface area contributed by atoms with Crippen molar-refractivity contribution in [1.82, 2.24) is 9.80 Å². The third kappa shape index (κ3) is 4.72. The Morgan fingerprint density at radius 2 is 1.72 bits per heavy atom. The van der Waals surface area contributed by atoms with Crippen LogP contribution in [0.25, 0.3) is 0 Å². The van der Waals surface area contributed by atoms with E-state index in [4.69, 9.17) is 0 Å². The van der Waals surface area contributed by atoms with Gasteiger partial charge in [-0.1, -0.05) is 0 Å². The van der Waals surface area contributed by atoms with Gasteiger partial charge in [0, 0.05) is 31.7 Å². The number of β-amino-alcohol motifs (C(OH)–C–C–N with tert-alkyl or cyclic N) is 1. The number of nitrogens with zero attached hydrogens (tertiary/aromatic N) is 2. The third-order valence-corrected chi connectivity index (χ3v) is 5.74. The number of rotatable bonds is 4. The lowest BCUT2D eigenvalue weighted by Crippen LogP contribution is -2.63. The van der Waals surface area contributed by atoms with Crippen LogP contribution in [0.1, 0.15) is 22.3 Å². The van der Waals surface area contributed by atoms with Crippen LogP contribution in [0.5, 0.6) is 0 Å². The first-order chi connectivity index (χ1) is 13.6. The second kappa shape index (κ2) is 8.57. The normalized spacial score (nSPS) is 31.3. The van der Waals surface area contributed by atoms with Crippen molar-refractivity contribution in [2.24, 2.45) is 5.92 Å². The average Bonchev–Trinajstić information content (AvgIpc) is 3.14. The van der Waals surface area contributed by atoms with E-state index in [2.05, 4.69) is 0 Å². The van der Waals surface area contributed by atoms with E-state index in [0.717, 1.165) is 12.1 Å². The molecule has 0 aliphatic carbocycles. The summed E-state index contributed by atoms with van der Waals surface area (Å²) in [5.41, 5.74) is -0.633. The smallest absolute Gasteiger partial charge is 0.395 e. The lowest BCUT2D eigenvalue weighted by atomic mass is 9.93. The number of likely N-dealkylation sites (tertiary alicyclic amines) is 2. The highest BCUT2D eigenvalue weighted by atomic mass is 19.4. The van der Waals surface area contributed by atoms with Gasteiger partial charge in [-0.2, -0.15) is 13.2 Å². The van der Waals surface area contributed by atoms with Gasteiger partial charge < -0.3 is 25.3 Å². The van der Waals surface area contributed by atoms with Crippen molar-refractivity contribution in [3.05, 3.63) is 35.4 Å². The molecule has 3 rings (SSSR count). The second-order valence-electron chi connectivity index (χ2n) is 7.73. The van der Waals surface area contributed by atoms with Crippen LogP contribution < -0.4 is 0 Å². The Labute approximate surface area is 166 Å². The standard InChI is InChI=1S/C19H25F3N2O5/c20-19(21,22)13-3-1-12(2-4-13)18(29)23-6-5-11(7-23)8-24-9-15(26)17(28)16(27)14(24)10-25/h1-4,11,14-17,25-28H,5-10H2/t11-,14+,15-,16+,17+/m0/s1. The summed E-state index contributed by atoms with van der Waals surface area (Å²) in [6.07, 6.45) is -7.56. The van der Waals surface area contributed by atoms with Gasteiger partial charge in [0.05, 0.1) is 24.3 Å². The zero-order valence-electron chi connectivity index (χ0n) is 15.7. The predicted molar refractivity (Wildman–Crippen MR) is 95.9 cm³/mol. The number of piperidine rings is 1. The molecule has 0 bridgehead atoms. The number of hydrogen-bond acceptors (Lipinski definition) is 6. The number of amides is 1. The van der Waals surface area contributed by atoms with Crippen molar-refractivity contribution < 1.29 is 38.4 Å². The molecule has 4 N–H and O–H groups in total. The molecule has 7 nitrogen and oxygen atoms in total. The fourth-order valence-electron chi connectivity index (χ4n) is 4.07. The number of alkyl halides is 3. The maximum Gasteiger partial charge on any atom is 0.416 e. The molecular formula is C19H25F3N2O5. The minimum atomic E-state index is -4.46. The Morgan fingerprint density at radius 3 is 2.31 bits per heavy atom. The van der Waals surface area contributed by atoms with E-state index >= 15 is 0 Å². The van der Waals surface area contributed by atoms with E-state index in [1.54, 1.807) is 9.80 Å². The van der Waals surface area contributed by atoms with Crippen molar-refractivity contribution in [3.63, 3.8) is 0 Å². The van der Waals surface area contributed by atoms with Gasteiger partial charge in [0.2, 0.25) is 0 Å². The van der Waals surface area contributed by atoms with Crippen molar-refractivity contribution in [2.75, 3.05) is 32.8 Å². The minimum Gasteiger partial charge on any atom is -0.395 e. The van der Waals surface area contributed by atoms with E-state index in [0.29, 0.717) is 26.1 Å². The molecule has 2 heterocycles. The molecule has 2 saturated heterocycles. The third-order valence-electron chi connectivity index (χ3n) is 5.74. The topological polar surface area (TPSA) is 104 Å². The Kier molecular flexibility index (Phi) is 6.49. The molecule has 0 radical (unpaired) electrons. The van der Waals surface area contributed by atoms with Crippen LogP contribution in [-0.2, 0) is 6.18 Å². The van der Waals surface area contributed by atoms with Crippen molar-refractivity contribution in [3.8, 4) is 0 Å². The first kappa shape index (κ1) is 22.0. The molecule has 5 atom stereocenters. The number of aliphatic hydroxyl groups is 4. The highest BCUT2D eigenvalue weighted by Gasteiger charge is 2.42. The Bertz CT molecular complexity index is 715. The quantitative estimate of drug-likeness (QED) is 0.546. The van der Waals surface area contributed by atoms with Crippen LogP contribution in [-0.4, -0.2) is 93.3 Å². The summed E-state index contributed by atoms with van der Waals surface area (Å²) in [4.78, 5) is 15.9. The molecule has 2 aliphatic heterocycles. The van der Waals surface area contributed by atoms with Crippen LogP contribution in [0.2, 0.25) is 0 Å². The number of carbonyl (C=O) groups excluding carboxylic acids is 1. The van der Waals surface area contributed by atoms with Crippen LogP contribution in [0.15, 0.2) is 24.3 Å².